The summed E-state index contributed by atoms with van der Waals surface area (Å²) in [5.41, 5.74) is 5.06. The second-order valence-corrected chi connectivity index (χ2v) is 3.28. The Morgan fingerprint density at radius 3 is 2.22 bits per heavy atom. The van der Waals surface area contributed by atoms with E-state index in [-0.39, 0.29) is 5.75 Å². The Hall–Kier alpha value is -0.130. The topological polar surface area (TPSA) is 83.2 Å². The van der Waals surface area contributed by atoms with Crippen molar-refractivity contribution >= 4 is 10.1 Å². The van der Waals surface area contributed by atoms with Gasteiger partial charge in [-0.1, -0.05) is 0 Å². The van der Waals surface area contributed by atoms with Crippen molar-refractivity contribution in [2.45, 2.75) is 12.8 Å². The Balaban J connectivity index is 3.30. The highest BCUT2D eigenvalue weighted by Crippen LogP contribution is 1.90. The maximum absolute atomic E-state index is 9.91. The Morgan fingerprint density at radius 1 is 1.33 bits per heavy atom. The van der Waals surface area contributed by atoms with E-state index in [1.807, 2.05) is 0 Å². The van der Waals surface area contributed by atoms with Gasteiger partial charge in [-0.15, -0.1) is 0 Å². The summed E-state index contributed by atoms with van der Waals surface area (Å²) in [7, 11) is -4.00. The van der Waals surface area contributed by atoms with Gasteiger partial charge in [-0.05, 0) is 19.4 Å². The summed E-state index contributed by atoms with van der Waals surface area (Å²) in [5, 5.41) is 0. The van der Waals surface area contributed by atoms with Crippen LogP contribution in [0.3, 0.4) is 0 Å². The monoisotopic (exact) mass is 152 g/mol. The fourth-order valence-corrected chi connectivity index (χ4v) is 0.981. The highest BCUT2D eigenvalue weighted by atomic mass is 32.2. The molecule has 0 aromatic carbocycles. The Bertz CT molecular complexity index is 151. The van der Waals surface area contributed by atoms with Crippen molar-refractivity contribution in [1.29, 1.82) is 0 Å². The molecule has 0 aliphatic heterocycles. The molecule has 0 amide bonds. The minimum Gasteiger partial charge on any atom is -0.748 e. The van der Waals surface area contributed by atoms with E-state index in [2.05, 4.69) is 0 Å². The van der Waals surface area contributed by atoms with Crippen LogP contribution in [0.4, 0.5) is 0 Å². The van der Waals surface area contributed by atoms with Crippen LogP contribution in [-0.2, 0) is 10.1 Å². The summed E-state index contributed by atoms with van der Waals surface area (Å²) in [5.74, 6) is -0.288. The predicted octanol–water partition coefficient (Wildman–Crippen LogP) is -0.729. The molecule has 0 spiro atoms. The summed E-state index contributed by atoms with van der Waals surface area (Å²) in [4.78, 5) is 0. The fraction of sp³-hybridized carbons (Fsp3) is 1.00. The van der Waals surface area contributed by atoms with E-state index in [1.165, 1.54) is 0 Å². The normalized spacial score (nSPS) is 11.8. The van der Waals surface area contributed by atoms with Crippen LogP contribution in [0.1, 0.15) is 12.8 Å². The number of hydrogen-bond donors (Lipinski definition) is 1. The van der Waals surface area contributed by atoms with Gasteiger partial charge in [0.15, 0.2) is 0 Å². The first-order chi connectivity index (χ1) is 4.06. The van der Waals surface area contributed by atoms with E-state index in [0.717, 1.165) is 0 Å². The number of rotatable bonds is 4. The van der Waals surface area contributed by atoms with Crippen molar-refractivity contribution in [3.8, 4) is 0 Å². The summed E-state index contributed by atoms with van der Waals surface area (Å²) < 4.78 is 29.7. The zero-order valence-electron chi connectivity index (χ0n) is 5.04. The molecule has 0 aromatic rings. The SMILES string of the molecule is NCCCCS(=O)(=O)[O-]. The third-order valence-electron chi connectivity index (χ3n) is 0.848. The van der Waals surface area contributed by atoms with Gasteiger partial charge in [0.05, 0.1) is 10.1 Å². The first-order valence-corrected chi connectivity index (χ1v) is 4.27. The fourth-order valence-electron chi connectivity index (χ4n) is 0.423. The number of nitrogens with two attached hydrogens (primary N) is 1. The van der Waals surface area contributed by atoms with Crippen LogP contribution in [0.2, 0.25) is 0 Å². The molecule has 0 aromatic heterocycles. The van der Waals surface area contributed by atoms with Crippen LogP contribution in [0, 0.1) is 0 Å². The number of hydrogen-bond acceptors (Lipinski definition) is 4. The Morgan fingerprint density at radius 2 is 1.89 bits per heavy atom. The van der Waals surface area contributed by atoms with E-state index in [9.17, 15) is 13.0 Å². The molecule has 0 fully saturated rings. The predicted molar refractivity (Wildman–Crippen MR) is 32.9 cm³/mol. The molecular formula is C4H10NO3S-. The van der Waals surface area contributed by atoms with Gasteiger partial charge < -0.3 is 10.3 Å². The van der Waals surface area contributed by atoms with Crippen molar-refractivity contribution in [3.05, 3.63) is 0 Å². The molecule has 0 unspecified atom stereocenters. The smallest absolute Gasteiger partial charge is 0.0945 e. The van der Waals surface area contributed by atoms with E-state index in [1.54, 1.807) is 0 Å². The van der Waals surface area contributed by atoms with Crippen LogP contribution in [-0.4, -0.2) is 25.3 Å². The zero-order valence-corrected chi connectivity index (χ0v) is 5.86. The summed E-state index contributed by atoms with van der Waals surface area (Å²) >= 11 is 0. The molecule has 0 saturated carbocycles. The van der Waals surface area contributed by atoms with Gasteiger partial charge in [0.1, 0.15) is 0 Å². The third kappa shape index (κ3) is 7.87. The van der Waals surface area contributed by atoms with Crippen molar-refractivity contribution < 1.29 is 13.0 Å². The maximum atomic E-state index is 9.91. The van der Waals surface area contributed by atoms with E-state index in [0.29, 0.717) is 19.4 Å². The molecule has 0 radical (unpaired) electrons. The largest absolute Gasteiger partial charge is 0.748 e. The van der Waals surface area contributed by atoms with Gasteiger partial charge in [0, 0.05) is 5.75 Å². The molecule has 56 valence electrons. The van der Waals surface area contributed by atoms with Crippen molar-refractivity contribution in [3.63, 3.8) is 0 Å². The van der Waals surface area contributed by atoms with Gasteiger partial charge in [0.25, 0.3) is 0 Å². The van der Waals surface area contributed by atoms with E-state index >= 15 is 0 Å². The quantitative estimate of drug-likeness (QED) is 0.425. The molecule has 0 aliphatic carbocycles. The lowest BCUT2D eigenvalue weighted by Gasteiger charge is -2.03. The molecule has 0 rings (SSSR count). The maximum Gasteiger partial charge on any atom is 0.0945 e. The Kier molecular flexibility index (Phi) is 3.76. The van der Waals surface area contributed by atoms with Crippen LogP contribution in [0.15, 0.2) is 0 Å². The lowest BCUT2D eigenvalue weighted by atomic mass is 10.3. The van der Waals surface area contributed by atoms with Gasteiger partial charge >= 0.3 is 0 Å². The molecule has 0 bridgehead atoms. The molecule has 0 aliphatic rings. The van der Waals surface area contributed by atoms with Gasteiger partial charge in [-0.3, -0.25) is 0 Å². The summed E-state index contributed by atoms with van der Waals surface area (Å²) in [6.07, 6.45) is 0.976. The molecule has 0 saturated heterocycles. The van der Waals surface area contributed by atoms with Crippen LogP contribution >= 0.6 is 0 Å². The van der Waals surface area contributed by atoms with Crippen LogP contribution in [0.25, 0.3) is 0 Å². The highest BCUT2D eigenvalue weighted by molar-refractivity contribution is 7.85. The minimum atomic E-state index is -4.00. The van der Waals surface area contributed by atoms with Crippen molar-refractivity contribution in [2.24, 2.45) is 5.73 Å². The molecule has 0 heterocycles. The van der Waals surface area contributed by atoms with Crippen LogP contribution in [0.5, 0.6) is 0 Å². The van der Waals surface area contributed by atoms with E-state index in [4.69, 9.17) is 5.73 Å². The molecule has 0 atom stereocenters. The zero-order chi connectivity index (χ0) is 7.33. The first kappa shape index (κ1) is 8.87. The van der Waals surface area contributed by atoms with Crippen molar-refractivity contribution in [2.75, 3.05) is 12.3 Å². The Labute approximate surface area is 54.8 Å². The first-order valence-electron chi connectivity index (χ1n) is 2.70. The van der Waals surface area contributed by atoms with Crippen molar-refractivity contribution in [1.82, 2.24) is 0 Å². The molecule has 2 N–H and O–H groups in total. The third-order valence-corrected chi connectivity index (χ3v) is 1.64. The van der Waals surface area contributed by atoms with Gasteiger partial charge in [-0.25, -0.2) is 8.42 Å². The minimum absolute atomic E-state index is 0.288. The molecule has 9 heavy (non-hydrogen) atoms. The van der Waals surface area contributed by atoms with Gasteiger partial charge in [-0.2, -0.15) is 0 Å². The number of unbranched alkanes of at least 4 members (excludes halogenated alkanes) is 1. The van der Waals surface area contributed by atoms with Crippen LogP contribution < -0.4 is 5.73 Å². The van der Waals surface area contributed by atoms with Gasteiger partial charge in [0.2, 0.25) is 0 Å². The lowest BCUT2D eigenvalue weighted by Crippen LogP contribution is -2.07. The molecular weight excluding hydrogens is 142 g/mol. The second-order valence-electron chi connectivity index (χ2n) is 1.76. The molecule has 5 heteroatoms. The average molecular weight is 152 g/mol. The summed E-state index contributed by atoms with van der Waals surface area (Å²) in [6.45, 7) is 0.440. The lowest BCUT2D eigenvalue weighted by molar-refractivity contribution is 0.460. The average Bonchev–Trinajstić information content (AvgIpc) is 1.63. The summed E-state index contributed by atoms with van der Waals surface area (Å²) in [6, 6.07) is 0. The molecule has 4 nitrogen and oxygen atoms in total. The second kappa shape index (κ2) is 3.81. The highest BCUT2D eigenvalue weighted by Gasteiger charge is 1.92. The van der Waals surface area contributed by atoms with E-state index < -0.39 is 10.1 Å². The standard InChI is InChI=1S/C4H11NO3S/c5-3-1-2-4-9(6,7)8/h1-5H2,(H,6,7,8)/p-1.